The van der Waals surface area contributed by atoms with Gasteiger partial charge >= 0.3 is 0 Å². The maximum Gasteiger partial charge on any atom is 0.257 e. The Bertz CT molecular complexity index is 898. The molecule has 0 saturated carbocycles. The van der Waals surface area contributed by atoms with Crippen molar-refractivity contribution in [3.63, 3.8) is 0 Å². The molecule has 1 aliphatic heterocycles. The Kier molecular flexibility index (Phi) is 5.16. The Balaban J connectivity index is 1.37. The van der Waals surface area contributed by atoms with E-state index in [1.54, 1.807) is 18.2 Å². The normalized spacial score (nSPS) is 14.9. The number of anilines is 2. The first-order valence-electron chi connectivity index (χ1n) is 9.24. The van der Waals surface area contributed by atoms with Gasteiger partial charge in [-0.25, -0.2) is 0 Å². The van der Waals surface area contributed by atoms with E-state index in [-0.39, 0.29) is 5.91 Å². The van der Waals surface area contributed by atoms with Crippen LogP contribution in [0, 0.1) is 0 Å². The molecule has 0 unspecified atom stereocenters. The second kappa shape index (κ2) is 7.89. The van der Waals surface area contributed by atoms with Crippen LogP contribution in [0.25, 0.3) is 0 Å². The number of hydrogen-bond donors (Lipinski definition) is 1. The number of rotatable bonds is 4. The molecule has 0 spiro atoms. The molecule has 2 heterocycles. The van der Waals surface area contributed by atoms with Crippen LogP contribution < -0.4 is 10.2 Å². The van der Waals surface area contributed by atoms with E-state index in [1.807, 2.05) is 18.2 Å². The fourth-order valence-corrected chi connectivity index (χ4v) is 3.83. The van der Waals surface area contributed by atoms with Gasteiger partial charge in [-0.3, -0.25) is 4.79 Å². The van der Waals surface area contributed by atoms with E-state index < -0.39 is 0 Å². The summed E-state index contributed by atoms with van der Waals surface area (Å²) in [5.74, 6) is -0.194. The maximum atomic E-state index is 12.4. The molecule has 27 heavy (non-hydrogen) atoms. The summed E-state index contributed by atoms with van der Waals surface area (Å²) in [4.78, 5) is 14.8. The zero-order chi connectivity index (χ0) is 18.6. The van der Waals surface area contributed by atoms with Gasteiger partial charge in [0.1, 0.15) is 0 Å². The average Bonchev–Trinajstić information content (AvgIpc) is 3.24. The Hall–Kier alpha value is -2.72. The van der Waals surface area contributed by atoms with E-state index >= 15 is 0 Å². The predicted molar refractivity (Wildman–Crippen MR) is 111 cm³/mol. The Morgan fingerprint density at radius 2 is 1.59 bits per heavy atom. The standard InChI is InChI=1S/C22H22ClN3O/c23-21-6-2-1-5-20(21)22(27)24-17-7-9-18(10-8-17)26-15-11-19(12-16-26)25-13-3-4-14-25/h1-10,13-14,19H,11-12,15-16H2,(H,24,27). The first kappa shape index (κ1) is 17.7. The SMILES string of the molecule is O=C(Nc1ccc(N2CCC(n3cccc3)CC2)cc1)c1ccccc1Cl. The van der Waals surface area contributed by atoms with Crippen molar-refractivity contribution < 1.29 is 4.79 Å². The molecule has 1 saturated heterocycles. The largest absolute Gasteiger partial charge is 0.371 e. The third-order valence-corrected chi connectivity index (χ3v) is 5.45. The predicted octanol–water partition coefficient (Wildman–Crippen LogP) is 5.24. The third kappa shape index (κ3) is 4.01. The number of hydrogen-bond acceptors (Lipinski definition) is 2. The molecule has 0 radical (unpaired) electrons. The van der Waals surface area contributed by atoms with Crippen LogP contribution in [0.1, 0.15) is 29.2 Å². The number of carbonyl (C=O) groups excluding carboxylic acids is 1. The van der Waals surface area contributed by atoms with Crippen LogP contribution in [0.2, 0.25) is 5.02 Å². The molecule has 4 rings (SSSR count). The summed E-state index contributed by atoms with van der Waals surface area (Å²) in [5.41, 5.74) is 2.44. The Morgan fingerprint density at radius 3 is 2.26 bits per heavy atom. The summed E-state index contributed by atoms with van der Waals surface area (Å²) < 4.78 is 2.31. The molecule has 4 nitrogen and oxygen atoms in total. The van der Waals surface area contributed by atoms with Gasteiger partial charge in [0.15, 0.2) is 0 Å². The lowest BCUT2D eigenvalue weighted by molar-refractivity contribution is 0.102. The second-order valence-electron chi connectivity index (χ2n) is 6.83. The van der Waals surface area contributed by atoms with Crippen molar-refractivity contribution in [2.75, 3.05) is 23.3 Å². The molecule has 3 aromatic rings. The quantitative estimate of drug-likeness (QED) is 0.673. The van der Waals surface area contributed by atoms with Gasteiger partial charge < -0.3 is 14.8 Å². The number of amides is 1. The monoisotopic (exact) mass is 379 g/mol. The van der Waals surface area contributed by atoms with Crippen LogP contribution in [-0.2, 0) is 0 Å². The van der Waals surface area contributed by atoms with Crippen molar-refractivity contribution in [3.05, 3.63) is 83.6 Å². The van der Waals surface area contributed by atoms with Crippen molar-refractivity contribution in [1.29, 1.82) is 0 Å². The summed E-state index contributed by atoms with van der Waals surface area (Å²) in [6, 6.07) is 19.8. The summed E-state index contributed by atoms with van der Waals surface area (Å²) in [5, 5.41) is 3.37. The molecule has 138 valence electrons. The minimum atomic E-state index is -0.194. The summed E-state index contributed by atoms with van der Waals surface area (Å²) in [6.45, 7) is 2.07. The molecule has 1 N–H and O–H groups in total. The molecule has 0 atom stereocenters. The molecular formula is C22H22ClN3O. The van der Waals surface area contributed by atoms with Gasteiger partial charge in [0.05, 0.1) is 10.6 Å². The Morgan fingerprint density at radius 1 is 0.926 bits per heavy atom. The topological polar surface area (TPSA) is 37.3 Å². The van der Waals surface area contributed by atoms with Crippen LogP contribution in [0.4, 0.5) is 11.4 Å². The van der Waals surface area contributed by atoms with Crippen LogP contribution >= 0.6 is 11.6 Å². The van der Waals surface area contributed by atoms with Gasteiger partial charge in [0.25, 0.3) is 5.91 Å². The summed E-state index contributed by atoms with van der Waals surface area (Å²) >= 11 is 6.09. The summed E-state index contributed by atoms with van der Waals surface area (Å²) in [6.07, 6.45) is 6.58. The molecule has 1 aliphatic rings. The highest BCUT2D eigenvalue weighted by Crippen LogP contribution is 2.27. The zero-order valence-electron chi connectivity index (χ0n) is 15.0. The maximum absolute atomic E-state index is 12.4. The first-order valence-corrected chi connectivity index (χ1v) is 9.62. The first-order chi connectivity index (χ1) is 13.2. The minimum Gasteiger partial charge on any atom is -0.371 e. The number of carbonyl (C=O) groups is 1. The average molecular weight is 380 g/mol. The van der Waals surface area contributed by atoms with E-state index in [0.29, 0.717) is 16.6 Å². The lowest BCUT2D eigenvalue weighted by atomic mass is 10.0. The van der Waals surface area contributed by atoms with Gasteiger partial charge in [0, 0.05) is 42.9 Å². The fourth-order valence-electron chi connectivity index (χ4n) is 3.61. The fraction of sp³-hybridized carbons (Fsp3) is 0.227. The van der Waals surface area contributed by atoms with Crippen LogP contribution in [0.15, 0.2) is 73.1 Å². The number of benzene rings is 2. The van der Waals surface area contributed by atoms with Gasteiger partial charge in [-0.15, -0.1) is 0 Å². The van der Waals surface area contributed by atoms with Gasteiger partial charge in [0.2, 0.25) is 0 Å². The molecule has 1 fully saturated rings. The minimum absolute atomic E-state index is 0.194. The van der Waals surface area contributed by atoms with Crippen molar-refractivity contribution in [2.24, 2.45) is 0 Å². The number of aromatic nitrogens is 1. The number of nitrogens with one attached hydrogen (secondary N) is 1. The van der Waals surface area contributed by atoms with Crippen LogP contribution in [0.5, 0.6) is 0 Å². The van der Waals surface area contributed by atoms with E-state index in [2.05, 4.69) is 51.4 Å². The molecular weight excluding hydrogens is 358 g/mol. The molecule has 2 aromatic carbocycles. The van der Waals surface area contributed by atoms with E-state index in [1.165, 1.54) is 5.69 Å². The number of piperidine rings is 1. The van der Waals surface area contributed by atoms with Crippen LogP contribution in [-0.4, -0.2) is 23.6 Å². The third-order valence-electron chi connectivity index (χ3n) is 5.12. The van der Waals surface area contributed by atoms with E-state index in [0.717, 1.165) is 31.6 Å². The Labute approximate surface area is 164 Å². The van der Waals surface area contributed by atoms with E-state index in [4.69, 9.17) is 11.6 Å². The zero-order valence-corrected chi connectivity index (χ0v) is 15.8. The highest BCUT2D eigenvalue weighted by atomic mass is 35.5. The summed E-state index contributed by atoms with van der Waals surface area (Å²) in [7, 11) is 0. The van der Waals surface area contributed by atoms with Gasteiger partial charge in [-0.2, -0.15) is 0 Å². The molecule has 1 aromatic heterocycles. The highest BCUT2D eigenvalue weighted by Gasteiger charge is 2.20. The number of nitrogens with zero attached hydrogens (tertiary/aromatic N) is 2. The smallest absolute Gasteiger partial charge is 0.257 e. The lowest BCUT2D eigenvalue weighted by Gasteiger charge is -2.34. The number of halogens is 1. The molecule has 0 bridgehead atoms. The van der Waals surface area contributed by atoms with E-state index in [9.17, 15) is 4.79 Å². The van der Waals surface area contributed by atoms with Crippen molar-refractivity contribution >= 4 is 28.9 Å². The van der Waals surface area contributed by atoms with Gasteiger partial charge in [-0.1, -0.05) is 23.7 Å². The molecule has 5 heteroatoms. The van der Waals surface area contributed by atoms with Crippen molar-refractivity contribution in [3.8, 4) is 0 Å². The van der Waals surface area contributed by atoms with Crippen molar-refractivity contribution in [1.82, 2.24) is 4.57 Å². The van der Waals surface area contributed by atoms with Crippen LogP contribution in [0.3, 0.4) is 0 Å². The van der Waals surface area contributed by atoms with Gasteiger partial charge in [-0.05, 0) is 61.4 Å². The molecule has 1 amide bonds. The molecule has 0 aliphatic carbocycles. The van der Waals surface area contributed by atoms with Crippen molar-refractivity contribution in [2.45, 2.75) is 18.9 Å². The second-order valence-corrected chi connectivity index (χ2v) is 7.24. The highest BCUT2D eigenvalue weighted by molar-refractivity contribution is 6.34. The lowest BCUT2D eigenvalue weighted by Crippen LogP contribution is -2.34.